The van der Waals surface area contributed by atoms with Gasteiger partial charge in [-0.05, 0) is 37.1 Å². The second-order valence-corrected chi connectivity index (χ2v) is 7.21. The van der Waals surface area contributed by atoms with Gasteiger partial charge in [-0.25, -0.2) is 4.79 Å². The normalized spacial score (nSPS) is 23.8. The van der Waals surface area contributed by atoms with Crippen LogP contribution in [0.15, 0.2) is 35.1 Å². The molecule has 3 rings (SSSR count). The molecule has 29 heavy (non-hydrogen) atoms. The van der Waals surface area contributed by atoms with E-state index >= 15 is 0 Å². The molecule has 2 aliphatic rings. The number of aliphatic hydroxyl groups is 1. The number of ketones is 1. The van der Waals surface area contributed by atoms with Gasteiger partial charge < -0.3 is 29.5 Å². The van der Waals surface area contributed by atoms with Crippen LogP contribution in [-0.2, 0) is 14.3 Å². The fraction of sp³-hybridized carbons (Fsp3) is 0.429. The van der Waals surface area contributed by atoms with Crippen molar-refractivity contribution in [1.82, 2.24) is 0 Å². The van der Waals surface area contributed by atoms with E-state index in [1.807, 2.05) is 6.92 Å². The van der Waals surface area contributed by atoms with E-state index < -0.39 is 35.0 Å². The Hall–Kier alpha value is -3.00. The third-order valence-electron chi connectivity index (χ3n) is 5.23. The van der Waals surface area contributed by atoms with E-state index in [1.54, 1.807) is 6.08 Å². The van der Waals surface area contributed by atoms with Crippen molar-refractivity contribution in [2.75, 3.05) is 13.7 Å². The lowest BCUT2D eigenvalue weighted by Gasteiger charge is -2.39. The van der Waals surface area contributed by atoms with Gasteiger partial charge in [0.1, 0.15) is 18.3 Å². The molecule has 1 aromatic rings. The monoisotopic (exact) mass is 404 g/mol. The lowest BCUT2D eigenvalue weighted by atomic mass is 9.77. The summed E-state index contributed by atoms with van der Waals surface area (Å²) in [6.45, 7) is 3.42. The number of aliphatic hydroxyl groups excluding tert-OH is 1. The maximum atomic E-state index is 13.1. The number of rotatable bonds is 5. The maximum Gasteiger partial charge on any atom is 0.343 e. The Morgan fingerprint density at radius 2 is 2.07 bits per heavy atom. The van der Waals surface area contributed by atoms with Gasteiger partial charge in [0.25, 0.3) is 0 Å². The van der Waals surface area contributed by atoms with Crippen molar-refractivity contribution in [1.29, 1.82) is 0 Å². The van der Waals surface area contributed by atoms with Gasteiger partial charge in [-0.1, -0.05) is 6.92 Å². The zero-order valence-electron chi connectivity index (χ0n) is 16.5. The SMILES string of the molecule is CCCC1=CC2=C(CO1)C(=O)[C@](C)(OC(=O)c1ccc(O)c(O)c1OC)[C@H](O)C2. The molecule has 0 bridgehead atoms. The number of Topliss-reactive ketones (excluding diaryl/α,β-unsaturated/α-hetero) is 1. The molecule has 0 aromatic heterocycles. The van der Waals surface area contributed by atoms with Gasteiger partial charge in [0.15, 0.2) is 17.1 Å². The van der Waals surface area contributed by atoms with Crippen molar-refractivity contribution in [3.05, 3.63) is 40.7 Å². The van der Waals surface area contributed by atoms with E-state index in [1.165, 1.54) is 20.1 Å². The molecule has 156 valence electrons. The molecule has 1 aliphatic carbocycles. The van der Waals surface area contributed by atoms with E-state index in [0.29, 0.717) is 11.1 Å². The van der Waals surface area contributed by atoms with Crippen LogP contribution in [-0.4, -0.2) is 52.5 Å². The third kappa shape index (κ3) is 3.55. The number of hydrogen-bond donors (Lipinski definition) is 3. The predicted molar refractivity (Wildman–Crippen MR) is 102 cm³/mol. The van der Waals surface area contributed by atoms with E-state index in [4.69, 9.17) is 14.2 Å². The van der Waals surface area contributed by atoms with E-state index in [0.717, 1.165) is 24.7 Å². The molecule has 1 aromatic carbocycles. The molecule has 0 amide bonds. The number of benzene rings is 1. The summed E-state index contributed by atoms with van der Waals surface area (Å²) >= 11 is 0. The molecule has 0 spiro atoms. The molecule has 1 heterocycles. The Morgan fingerprint density at radius 3 is 2.72 bits per heavy atom. The van der Waals surface area contributed by atoms with Crippen LogP contribution in [0, 0.1) is 0 Å². The second kappa shape index (κ2) is 7.79. The number of aromatic hydroxyl groups is 2. The first-order chi connectivity index (χ1) is 13.7. The molecule has 1 aliphatic heterocycles. The van der Waals surface area contributed by atoms with Crippen LogP contribution in [0.1, 0.15) is 43.5 Å². The van der Waals surface area contributed by atoms with Crippen LogP contribution in [0.4, 0.5) is 0 Å². The Bertz CT molecular complexity index is 914. The number of ether oxygens (including phenoxy) is 3. The highest BCUT2D eigenvalue weighted by atomic mass is 16.6. The topological polar surface area (TPSA) is 123 Å². The van der Waals surface area contributed by atoms with Crippen molar-refractivity contribution >= 4 is 11.8 Å². The average molecular weight is 404 g/mol. The molecule has 0 radical (unpaired) electrons. The van der Waals surface area contributed by atoms with Gasteiger partial charge in [0.2, 0.25) is 11.5 Å². The predicted octanol–water partition coefficient (Wildman–Crippen LogP) is 2.37. The molecule has 3 N–H and O–H groups in total. The molecule has 0 unspecified atom stereocenters. The minimum absolute atomic E-state index is 0.0587. The number of phenols is 2. The number of esters is 1. The molecule has 0 saturated carbocycles. The van der Waals surface area contributed by atoms with Crippen LogP contribution < -0.4 is 4.74 Å². The smallest absolute Gasteiger partial charge is 0.343 e. The van der Waals surface area contributed by atoms with Gasteiger partial charge in [-0.2, -0.15) is 0 Å². The molecular weight excluding hydrogens is 380 g/mol. The largest absolute Gasteiger partial charge is 0.504 e. The highest BCUT2D eigenvalue weighted by molar-refractivity contribution is 6.07. The van der Waals surface area contributed by atoms with Gasteiger partial charge >= 0.3 is 5.97 Å². The summed E-state index contributed by atoms with van der Waals surface area (Å²) in [5.74, 6) is -2.13. The fourth-order valence-electron chi connectivity index (χ4n) is 3.51. The highest BCUT2D eigenvalue weighted by Crippen LogP contribution is 2.41. The molecular formula is C21H24O8. The number of carbonyl (C=O) groups is 2. The first kappa shape index (κ1) is 20.7. The van der Waals surface area contributed by atoms with Crippen molar-refractivity contribution in [3.8, 4) is 17.2 Å². The zero-order chi connectivity index (χ0) is 21.3. The van der Waals surface area contributed by atoms with Crippen LogP contribution in [0.25, 0.3) is 0 Å². The number of carbonyl (C=O) groups excluding carboxylic acids is 2. The standard InChI is InChI=1S/C21H24O8/c1-4-5-12-8-11-9-16(23)21(2,19(25)14(11)10-28-12)29-20(26)13-6-7-15(22)17(24)18(13)27-3/h6-8,16,22-24H,4-5,9-10H2,1-3H3/t16-,21-/m1/s1. The Kier molecular flexibility index (Phi) is 5.57. The number of hydrogen-bond acceptors (Lipinski definition) is 8. The molecule has 0 saturated heterocycles. The van der Waals surface area contributed by atoms with E-state index in [-0.39, 0.29) is 24.3 Å². The van der Waals surface area contributed by atoms with Crippen LogP contribution in [0.3, 0.4) is 0 Å². The molecule has 8 nitrogen and oxygen atoms in total. The minimum atomic E-state index is -1.83. The summed E-state index contributed by atoms with van der Waals surface area (Å²) in [6, 6.07) is 2.30. The molecule has 8 heteroatoms. The summed E-state index contributed by atoms with van der Waals surface area (Å²) in [5, 5.41) is 30.1. The van der Waals surface area contributed by atoms with Crippen molar-refractivity contribution in [2.24, 2.45) is 0 Å². The summed E-state index contributed by atoms with van der Waals surface area (Å²) in [6.07, 6.45) is 2.27. The molecule has 2 atom stereocenters. The fourth-order valence-corrected chi connectivity index (χ4v) is 3.51. The van der Waals surface area contributed by atoms with Gasteiger partial charge in [0, 0.05) is 18.4 Å². The first-order valence-electron chi connectivity index (χ1n) is 9.33. The quantitative estimate of drug-likeness (QED) is 0.505. The highest BCUT2D eigenvalue weighted by Gasteiger charge is 2.50. The van der Waals surface area contributed by atoms with E-state index in [9.17, 15) is 24.9 Å². The summed E-state index contributed by atoms with van der Waals surface area (Å²) in [5.41, 5.74) is -0.959. The Balaban J connectivity index is 1.91. The lowest BCUT2D eigenvalue weighted by molar-refractivity contribution is -0.147. The minimum Gasteiger partial charge on any atom is -0.504 e. The lowest BCUT2D eigenvalue weighted by Crippen LogP contribution is -2.54. The van der Waals surface area contributed by atoms with Gasteiger partial charge in [-0.3, -0.25) is 4.79 Å². The third-order valence-corrected chi connectivity index (χ3v) is 5.23. The number of allylic oxidation sites excluding steroid dienone is 2. The van der Waals surface area contributed by atoms with Crippen LogP contribution in [0.2, 0.25) is 0 Å². The van der Waals surface area contributed by atoms with Crippen molar-refractivity contribution < 1.29 is 39.1 Å². The van der Waals surface area contributed by atoms with Crippen molar-refractivity contribution in [2.45, 2.75) is 44.8 Å². The average Bonchev–Trinajstić information content (AvgIpc) is 2.68. The Morgan fingerprint density at radius 1 is 1.34 bits per heavy atom. The summed E-state index contributed by atoms with van der Waals surface area (Å²) in [4.78, 5) is 25.8. The van der Waals surface area contributed by atoms with Crippen molar-refractivity contribution in [3.63, 3.8) is 0 Å². The number of phenolic OH excluding ortho intramolecular Hbond substituents is 2. The molecule has 0 fully saturated rings. The van der Waals surface area contributed by atoms with Crippen LogP contribution >= 0.6 is 0 Å². The first-order valence-corrected chi connectivity index (χ1v) is 9.33. The van der Waals surface area contributed by atoms with Gasteiger partial charge in [-0.15, -0.1) is 0 Å². The summed E-state index contributed by atoms with van der Waals surface area (Å²) < 4.78 is 16.0. The van der Waals surface area contributed by atoms with Gasteiger partial charge in [0.05, 0.1) is 12.9 Å². The zero-order valence-corrected chi connectivity index (χ0v) is 16.5. The van der Waals surface area contributed by atoms with Crippen LogP contribution in [0.5, 0.6) is 17.2 Å². The Labute approximate surface area is 168 Å². The summed E-state index contributed by atoms with van der Waals surface area (Å²) in [7, 11) is 1.21. The maximum absolute atomic E-state index is 13.1. The number of methoxy groups -OCH3 is 1. The second-order valence-electron chi connectivity index (χ2n) is 7.21. The van der Waals surface area contributed by atoms with E-state index in [2.05, 4.69) is 0 Å².